The highest BCUT2D eigenvalue weighted by Gasteiger charge is 2.20. The average Bonchev–Trinajstić information content (AvgIpc) is 2.95. The molecule has 0 aliphatic carbocycles. The van der Waals surface area contributed by atoms with Crippen LogP contribution in [-0.2, 0) is 19.5 Å². The van der Waals surface area contributed by atoms with Crippen molar-refractivity contribution in [2.75, 3.05) is 18.4 Å². The molecule has 23 heavy (non-hydrogen) atoms. The zero-order valence-corrected chi connectivity index (χ0v) is 14.7. The van der Waals surface area contributed by atoms with Crippen LogP contribution in [0, 0.1) is 0 Å². The number of hydrogen-bond donors (Lipinski definition) is 2. The Hall–Kier alpha value is -1.47. The lowest BCUT2D eigenvalue weighted by atomic mass is 10.1. The maximum Gasteiger partial charge on any atom is 0.257 e. The van der Waals surface area contributed by atoms with Crippen molar-refractivity contribution in [2.24, 2.45) is 5.73 Å². The molecule has 0 spiro atoms. The van der Waals surface area contributed by atoms with E-state index in [1.54, 1.807) is 23.5 Å². The van der Waals surface area contributed by atoms with E-state index in [4.69, 9.17) is 5.73 Å². The monoisotopic (exact) mass is 352 g/mol. The summed E-state index contributed by atoms with van der Waals surface area (Å²) in [4.78, 5) is 20.5. The van der Waals surface area contributed by atoms with Crippen LogP contribution in [0.5, 0.6) is 0 Å². The fourth-order valence-electron chi connectivity index (χ4n) is 2.53. The molecule has 0 unspecified atom stereocenters. The van der Waals surface area contributed by atoms with Gasteiger partial charge in [-0.15, -0.1) is 23.7 Å². The minimum atomic E-state index is -0.123. The summed E-state index contributed by atoms with van der Waals surface area (Å²) in [7, 11) is 0. The second-order valence-corrected chi connectivity index (χ2v) is 6.45. The Morgan fingerprint density at radius 3 is 2.78 bits per heavy atom. The van der Waals surface area contributed by atoms with Crippen molar-refractivity contribution >= 4 is 34.8 Å². The summed E-state index contributed by atoms with van der Waals surface area (Å²) in [6, 6.07) is 7.34. The van der Waals surface area contributed by atoms with Gasteiger partial charge in [-0.2, -0.15) is 0 Å². The second-order valence-electron chi connectivity index (χ2n) is 5.36. The second kappa shape index (κ2) is 7.88. The molecule has 5 nitrogen and oxygen atoms in total. The Bertz CT molecular complexity index is 671. The van der Waals surface area contributed by atoms with Crippen molar-refractivity contribution in [1.29, 1.82) is 0 Å². The van der Waals surface area contributed by atoms with Gasteiger partial charge in [-0.05, 0) is 24.2 Å². The summed E-state index contributed by atoms with van der Waals surface area (Å²) in [6.45, 7) is 5.67. The fourth-order valence-corrected chi connectivity index (χ4v) is 3.58. The Labute approximate surface area is 146 Å². The molecule has 1 aliphatic heterocycles. The molecule has 1 aliphatic rings. The maximum atomic E-state index is 12.3. The number of carbonyl (C=O) groups excluding carboxylic acids is 1. The highest BCUT2D eigenvalue weighted by Crippen LogP contribution is 2.28. The molecule has 0 fully saturated rings. The summed E-state index contributed by atoms with van der Waals surface area (Å²) >= 11 is 1.58. The van der Waals surface area contributed by atoms with Gasteiger partial charge in [-0.1, -0.05) is 19.1 Å². The van der Waals surface area contributed by atoms with Crippen molar-refractivity contribution < 1.29 is 4.79 Å². The number of likely N-dealkylation sites (N-methyl/N-ethyl adjacent to an activating group) is 1. The first-order chi connectivity index (χ1) is 10.7. The lowest BCUT2D eigenvalue weighted by Crippen LogP contribution is -2.29. The fraction of sp³-hybridized carbons (Fsp3) is 0.375. The molecule has 0 atom stereocenters. The van der Waals surface area contributed by atoms with Gasteiger partial charge in [-0.3, -0.25) is 15.0 Å². The van der Waals surface area contributed by atoms with Gasteiger partial charge < -0.3 is 5.73 Å². The summed E-state index contributed by atoms with van der Waals surface area (Å²) in [5.74, 6) is -0.123. The van der Waals surface area contributed by atoms with Crippen LogP contribution in [0.25, 0.3) is 0 Å². The number of halogens is 1. The third-order valence-electron chi connectivity index (χ3n) is 3.93. The molecular formula is C16H21ClN4OS. The maximum absolute atomic E-state index is 12.3. The van der Waals surface area contributed by atoms with Gasteiger partial charge in [0.1, 0.15) is 0 Å². The molecule has 1 aromatic heterocycles. The zero-order valence-electron chi connectivity index (χ0n) is 13.0. The Balaban J connectivity index is 0.00000192. The van der Waals surface area contributed by atoms with Crippen LogP contribution in [0.4, 0.5) is 5.13 Å². The van der Waals surface area contributed by atoms with Gasteiger partial charge in [0.15, 0.2) is 5.13 Å². The molecule has 0 radical (unpaired) electrons. The van der Waals surface area contributed by atoms with E-state index in [9.17, 15) is 4.79 Å². The standard InChI is InChI=1S/C16H20N4OS.ClH/c1-2-20-8-7-13-14(10-20)22-16(18-13)19-15(21)12-5-3-11(9-17)4-6-12;/h3-6H,2,7-10,17H2,1H3,(H,18,19,21);1H. The van der Waals surface area contributed by atoms with Gasteiger partial charge in [0.2, 0.25) is 0 Å². The third-order valence-corrected chi connectivity index (χ3v) is 4.93. The van der Waals surface area contributed by atoms with E-state index in [1.807, 2.05) is 12.1 Å². The van der Waals surface area contributed by atoms with Crippen LogP contribution < -0.4 is 11.1 Å². The van der Waals surface area contributed by atoms with Gasteiger partial charge in [0.05, 0.1) is 5.69 Å². The number of nitrogens with two attached hydrogens (primary N) is 1. The molecule has 2 heterocycles. The number of carbonyl (C=O) groups is 1. The lowest BCUT2D eigenvalue weighted by Gasteiger charge is -2.23. The van der Waals surface area contributed by atoms with Crippen LogP contribution in [-0.4, -0.2) is 28.9 Å². The van der Waals surface area contributed by atoms with Gasteiger partial charge in [-0.25, -0.2) is 4.98 Å². The summed E-state index contributed by atoms with van der Waals surface area (Å²) in [5, 5.41) is 3.60. The first-order valence-electron chi connectivity index (χ1n) is 7.51. The minimum absolute atomic E-state index is 0. The highest BCUT2D eigenvalue weighted by atomic mass is 35.5. The Morgan fingerprint density at radius 2 is 2.13 bits per heavy atom. The van der Waals surface area contributed by atoms with Crippen LogP contribution in [0.3, 0.4) is 0 Å². The summed E-state index contributed by atoms with van der Waals surface area (Å²) < 4.78 is 0. The predicted molar refractivity (Wildman–Crippen MR) is 96.3 cm³/mol. The van der Waals surface area contributed by atoms with Crippen molar-refractivity contribution in [1.82, 2.24) is 9.88 Å². The molecule has 7 heteroatoms. The molecule has 124 valence electrons. The van der Waals surface area contributed by atoms with E-state index in [1.165, 1.54) is 4.88 Å². The summed E-state index contributed by atoms with van der Waals surface area (Å²) in [5.41, 5.74) is 8.33. The number of anilines is 1. The molecule has 2 aromatic rings. The lowest BCUT2D eigenvalue weighted by molar-refractivity contribution is 0.102. The highest BCUT2D eigenvalue weighted by molar-refractivity contribution is 7.15. The van der Waals surface area contributed by atoms with E-state index in [-0.39, 0.29) is 18.3 Å². The zero-order chi connectivity index (χ0) is 15.5. The molecule has 0 saturated carbocycles. The normalized spacial score (nSPS) is 14.0. The number of rotatable bonds is 4. The minimum Gasteiger partial charge on any atom is -0.326 e. The van der Waals surface area contributed by atoms with Crippen LogP contribution in [0.1, 0.15) is 33.4 Å². The smallest absolute Gasteiger partial charge is 0.257 e. The van der Waals surface area contributed by atoms with Gasteiger partial charge in [0.25, 0.3) is 5.91 Å². The average molecular weight is 353 g/mol. The third kappa shape index (κ3) is 4.09. The predicted octanol–water partition coefficient (Wildman–Crippen LogP) is 2.65. The molecular weight excluding hydrogens is 332 g/mol. The number of fused-ring (bicyclic) bond motifs is 1. The van der Waals surface area contributed by atoms with Crippen molar-refractivity contribution in [3.63, 3.8) is 0 Å². The Morgan fingerprint density at radius 1 is 1.39 bits per heavy atom. The first kappa shape index (κ1) is 17.9. The van der Waals surface area contributed by atoms with E-state index in [0.717, 1.165) is 37.3 Å². The molecule has 0 bridgehead atoms. The van der Waals surface area contributed by atoms with Gasteiger partial charge >= 0.3 is 0 Å². The first-order valence-corrected chi connectivity index (χ1v) is 8.32. The molecule has 0 saturated heterocycles. The van der Waals surface area contributed by atoms with E-state index < -0.39 is 0 Å². The number of nitrogens with one attached hydrogen (secondary N) is 1. The van der Waals surface area contributed by atoms with Crippen molar-refractivity contribution in [3.8, 4) is 0 Å². The molecule has 3 N–H and O–H groups in total. The van der Waals surface area contributed by atoms with E-state index in [0.29, 0.717) is 17.2 Å². The van der Waals surface area contributed by atoms with E-state index >= 15 is 0 Å². The summed E-state index contributed by atoms with van der Waals surface area (Å²) in [6.07, 6.45) is 0.959. The van der Waals surface area contributed by atoms with Gasteiger partial charge in [0, 0.05) is 36.5 Å². The number of hydrogen-bond acceptors (Lipinski definition) is 5. The largest absolute Gasteiger partial charge is 0.326 e. The molecule has 1 amide bonds. The molecule has 3 rings (SSSR count). The SMILES string of the molecule is CCN1CCc2nc(NC(=O)c3ccc(CN)cc3)sc2C1.Cl. The number of nitrogens with zero attached hydrogens (tertiary/aromatic N) is 2. The number of benzene rings is 1. The molecule has 1 aromatic carbocycles. The van der Waals surface area contributed by atoms with Crippen molar-refractivity contribution in [2.45, 2.75) is 26.4 Å². The Kier molecular flexibility index (Phi) is 6.12. The van der Waals surface area contributed by atoms with Crippen LogP contribution in [0.2, 0.25) is 0 Å². The van der Waals surface area contributed by atoms with E-state index in [2.05, 4.69) is 22.1 Å². The number of amides is 1. The van der Waals surface area contributed by atoms with Crippen LogP contribution in [0.15, 0.2) is 24.3 Å². The van der Waals surface area contributed by atoms with Crippen LogP contribution >= 0.6 is 23.7 Å². The topological polar surface area (TPSA) is 71.2 Å². The number of thiazole rings is 1. The van der Waals surface area contributed by atoms with Crippen molar-refractivity contribution in [3.05, 3.63) is 46.0 Å². The quantitative estimate of drug-likeness (QED) is 0.887. The number of aromatic nitrogens is 1.